The Morgan fingerprint density at radius 2 is 1.41 bits per heavy atom. The Balaban J connectivity index is 2.39. The summed E-state index contributed by atoms with van der Waals surface area (Å²) in [6.45, 7) is 9.82. The number of ether oxygens (including phenoxy) is 1. The number of nitrogens with one attached hydrogen (secondary N) is 5. The molecule has 2 rings (SSSR count). The zero-order chi connectivity index (χ0) is 43.7. The van der Waals surface area contributed by atoms with Crippen LogP contribution in [0.15, 0.2) is 30.3 Å². The first-order valence-electron chi connectivity index (χ1n) is 19.5. The number of likely N-dealkylation sites (tertiary alicyclic amines) is 1. The minimum atomic E-state index is -1.59. The number of carboxylic acids is 2. The number of primary amides is 1. The van der Waals surface area contributed by atoms with Gasteiger partial charge < -0.3 is 52.2 Å². The minimum absolute atomic E-state index is 0.0182. The molecule has 19 nitrogen and oxygen atoms in total. The van der Waals surface area contributed by atoms with Crippen molar-refractivity contribution in [3.63, 3.8) is 0 Å². The van der Waals surface area contributed by atoms with Gasteiger partial charge in [-0.15, -0.1) is 0 Å². The summed E-state index contributed by atoms with van der Waals surface area (Å²) in [4.78, 5) is 117. The summed E-state index contributed by atoms with van der Waals surface area (Å²) in [6.07, 6.45) is -1.19. The first-order valence-corrected chi connectivity index (χ1v) is 19.5. The fourth-order valence-corrected chi connectivity index (χ4v) is 6.37. The highest BCUT2D eigenvalue weighted by molar-refractivity contribution is 5.98. The van der Waals surface area contributed by atoms with Crippen molar-refractivity contribution in [2.75, 3.05) is 6.54 Å². The molecule has 19 heteroatoms. The highest BCUT2D eigenvalue weighted by Crippen LogP contribution is 2.25. The second kappa shape index (κ2) is 23.6. The molecule has 1 aliphatic rings. The molecule has 322 valence electrons. The summed E-state index contributed by atoms with van der Waals surface area (Å²) in [5, 5.41) is 31.0. The number of carboxylic acid groups (broad SMARTS) is 2. The van der Waals surface area contributed by atoms with Crippen molar-refractivity contribution in [2.45, 2.75) is 135 Å². The second-order valence-corrected chi connectivity index (χ2v) is 14.9. The molecule has 1 heterocycles. The van der Waals surface area contributed by atoms with Crippen LogP contribution in [0.4, 0.5) is 0 Å². The molecule has 58 heavy (non-hydrogen) atoms. The third kappa shape index (κ3) is 15.4. The van der Waals surface area contributed by atoms with Gasteiger partial charge in [0.15, 0.2) is 0 Å². The van der Waals surface area contributed by atoms with Crippen molar-refractivity contribution in [2.24, 2.45) is 17.6 Å². The van der Waals surface area contributed by atoms with E-state index in [1.165, 1.54) is 4.90 Å². The van der Waals surface area contributed by atoms with Gasteiger partial charge in [0.1, 0.15) is 36.3 Å². The van der Waals surface area contributed by atoms with Gasteiger partial charge in [-0.3, -0.25) is 43.2 Å². The topological polar surface area (TPSA) is 293 Å². The van der Waals surface area contributed by atoms with Crippen molar-refractivity contribution in [1.29, 1.82) is 0 Å². The van der Waals surface area contributed by atoms with Crippen LogP contribution in [0.2, 0.25) is 0 Å². The smallest absolute Gasteiger partial charge is 0.305 e. The monoisotopic (exact) mass is 817 g/mol. The molecule has 0 spiro atoms. The van der Waals surface area contributed by atoms with Crippen LogP contribution in [0.3, 0.4) is 0 Å². The van der Waals surface area contributed by atoms with Gasteiger partial charge >= 0.3 is 11.9 Å². The van der Waals surface area contributed by atoms with Gasteiger partial charge in [0.2, 0.25) is 41.4 Å². The SMILES string of the molecule is CCCC(NC(=O)[C@@H]1C[C@@H](OCc2ccccc2)CN1C(=O)[C@@H](NC(=O)[C@@H](NC(=O)[C@@H](CCC(=O)O)NC(=O)[C@H](CC(=O)O)NC(C)=O)[C@@H](C)CC)C(C)C)C(N)=O. The van der Waals surface area contributed by atoms with Crippen molar-refractivity contribution in [1.82, 2.24) is 31.5 Å². The molecule has 7 amide bonds. The number of carbonyl (C=O) groups is 9. The van der Waals surface area contributed by atoms with Gasteiger partial charge in [-0.1, -0.05) is 77.8 Å². The van der Waals surface area contributed by atoms with Crippen LogP contribution in [0.1, 0.15) is 92.1 Å². The molecule has 0 bridgehead atoms. The lowest BCUT2D eigenvalue weighted by Gasteiger charge is -2.33. The normalized spacial score (nSPS) is 18.1. The molecule has 0 saturated carbocycles. The Hall–Kier alpha value is -5.59. The average Bonchev–Trinajstić information content (AvgIpc) is 3.59. The number of carbonyl (C=O) groups excluding carboxylic acids is 7. The van der Waals surface area contributed by atoms with E-state index in [4.69, 9.17) is 10.5 Å². The number of aliphatic carboxylic acids is 2. The van der Waals surface area contributed by atoms with E-state index >= 15 is 0 Å². The van der Waals surface area contributed by atoms with Crippen LogP contribution >= 0.6 is 0 Å². The summed E-state index contributed by atoms with van der Waals surface area (Å²) >= 11 is 0. The summed E-state index contributed by atoms with van der Waals surface area (Å²) in [5.41, 5.74) is 6.41. The van der Waals surface area contributed by atoms with Gasteiger partial charge in [-0.05, 0) is 30.2 Å². The van der Waals surface area contributed by atoms with E-state index in [0.717, 1.165) is 12.5 Å². The minimum Gasteiger partial charge on any atom is -0.481 e. The number of nitrogens with zero attached hydrogens (tertiary/aromatic N) is 1. The largest absolute Gasteiger partial charge is 0.481 e. The van der Waals surface area contributed by atoms with Crippen LogP contribution in [0.5, 0.6) is 0 Å². The zero-order valence-electron chi connectivity index (χ0n) is 33.9. The number of hydrogen-bond donors (Lipinski definition) is 8. The molecule has 9 N–H and O–H groups in total. The number of rotatable bonds is 24. The molecule has 1 aliphatic heterocycles. The van der Waals surface area contributed by atoms with Gasteiger partial charge in [0, 0.05) is 26.3 Å². The van der Waals surface area contributed by atoms with Gasteiger partial charge in [-0.25, -0.2) is 0 Å². The predicted molar refractivity (Wildman–Crippen MR) is 208 cm³/mol. The highest BCUT2D eigenvalue weighted by Gasteiger charge is 2.44. The maximum atomic E-state index is 14.4. The van der Waals surface area contributed by atoms with Crippen molar-refractivity contribution in [3.8, 4) is 0 Å². The van der Waals surface area contributed by atoms with E-state index in [-0.39, 0.29) is 26.0 Å². The Kier molecular flexibility index (Phi) is 19.8. The molecule has 0 aromatic heterocycles. The summed E-state index contributed by atoms with van der Waals surface area (Å²) in [5.74, 6) is -9.34. The molecule has 1 aromatic rings. The van der Waals surface area contributed by atoms with Crippen molar-refractivity contribution < 1.29 is 58.1 Å². The third-order valence-electron chi connectivity index (χ3n) is 9.79. The Morgan fingerprint density at radius 1 is 0.793 bits per heavy atom. The third-order valence-corrected chi connectivity index (χ3v) is 9.79. The lowest BCUT2D eigenvalue weighted by atomic mass is 9.95. The highest BCUT2D eigenvalue weighted by atomic mass is 16.5. The first-order chi connectivity index (χ1) is 27.3. The van der Waals surface area contributed by atoms with Crippen LogP contribution < -0.4 is 32.3 Å². The van der Waals surface area contributed by atoms with E-state index in [1.54, 1.807) is 27.7 Å². The molecule has 1 aromatic carbocycles. The van der Waals surface area contributed by atoms with E-state index in [1.807, 2.05) is 37.3 Å². The number of benzene rings is 1. The maximum Gasteiger partial charge on any atom is 0.305 e. The number of hydrogen-bond acceptors (Lipinski definition) is 10. The zero-order valence-corrected chi connectivity index (χ0v) is 33.9. The van der Waals surface area contributed by atoms with E-state index < -0.39 is 127 Å². The Labute approximate surface area is 337 Å². The van der Waals surface area contributed by atoms with E-state index in [0.29, 0.717) is 12.8 Å². The summed E-state index contributed by atoms with van der Waals surface area (Å²) in [7, 11) is 0. The molecule has 1 unspecified atom stereocenters. The first kappa shape index (κ1) is 48.6. The van der Waals surface area contributed by atoms with Crippen LogP contribution in [-0.2, 0) is 54.5 Å². The van der Waals surface area contributed by atoms with Crippen LogP contribution in [0, 0.1) is 11.8 Å². The molecular formula is C39H59N7O12. The average molecular weight is 818 g/mol. The molecule has 0 aliphatic carbocycles. The molecule has 0 radical (unpaired) electrons. The summed E-state index contributed by atoms with van der Waals surface area (Å²) < 4.78 is 6.12. The van der Waals surface area contributed by atoms with Crippen LogP contribution in [-0.4, -0.2) is 117 Å². The lowest BCUT2D eigenvalue weighted by molar-refractivity contribution is -0.143. The van der Waals surface area contributed by atoms with Crippen molar-refractivity contribution in [3.05, 3.63) is 35.9 Å². The summed E-state index contributed by atoms with van der Waals surface area (Å²) in [6, 6.07) is 1.53. The second-order valence-electron chi connectivity index (χ2n) is 14.9. The van der Waals surface area contributed by atoms with E-state index in [2.05, 4.69) is 26.6 Å². The van der Waals surface area contributed by atoms with E-state index in [9.17, 15) is 53.4 Å². The standard InChI is InChI=1S/C39H59N7O12/c1-7-12-26(34(40)52)42-37(55)29-17-25(58-20-24-13-10-9-11-14-24)19-46(29)39(57)32(21(3)4)44-38(56)33(22(5)8-2)45-35(53)27(15-16-30(48)49)43-36(54)28(18-31(50)51)41-23(6)47/h9-11,13-14,21-22,25-29,32-33H,7-8,12,15-20H2,1-6H3,(H2,40,52)(H,41,47)(H,42,55)(H,43,54)(H,44,56)(H,45,53)(H,48,49)(H,50,51)/t22-,25+,26?,27+,28-,29-,32-,33-/m0/s1. The number of amides is 7. The maximum absolute atomic E-state index is 14.4. The molecule has 1 saturated heterocycles. The van der Waals surface area contributed by atoms with Crippen molar-refractivity contribution >= 4 is 53.3 Å². The molecule has 1 fully saturated rings. The Bertz CT molecular complexity index is 1610. The van der Waals surface area contributed by atoms with Gasteiger partial charge in [0.25, 0.3) is 0 Å². The molecule has 8 atom stereocenters. The lowest BCUT2D eigenvalue weighted by Crippen LogP contribution is -2.61. The fraction of sp³-hybridized carbons (Fsp3) is 0.615. The molecular weight excluding hydrogens is 758 g/mol. The van der Waals surface area contributed by atoms with Gasteiger partial charge in [0.05, 0.1) is 19.1 Å². The quantitative estimate of drug-likeness (QED) is 0.0681. The predicted octanol–water partition coefficient (Wildman–Crippen LogP) is -0.0564. The fourth-order valence-electron chi connectivity index (χ4n) is 6.37. The Morgan fingerprint density at radius 3 is 1.95 bits per heavy atom. The van der Waals surface area contributed by atoms with Gasteiger partial charge in [-0.2, -0.15) is 0 Å². The number of nitrogens with two attached hydrogens (primary N) is 1. The van der Waals surface area contributed by atoms with Crippen LogP contribution in [0.25, 0.3) is 0 Å².